The molecule has 2 nitrogen and oxygen atoms in total. The molecule has 1 aliphatic carbocycles. The summed E-state index contributed by atoms with van der Waals surface area (Å²) in [5.74, 6) is 2.32. The van der Waals surface area contributed by atoms with Crippen molar-refractivity contribution in [3.8, 4) is 0 Å². The van der Waals surface area contributed by atoms with E-state index in [1.54, 1.807) is 0 Å². The maximum Gasteiger partial charge on any atom is 0.00844 e. The van der Waals surface area contributed by atoms with E-state index in [1.165, 1.54) is 19.4 Å². The molecule has 2 N–H and O–H groups in total. The highest BCUT2D eigenvalue weighted by Crippen LogP contribution is 2.32. The molecule has 0 aromatic heterocycles. The van der Waals surface area contributed by atoms with Crippen molar-refractivity contribution in [3.05, 3.63) is 0 Å². The monoisotopic (exact) mass is 198 g/mol. The minimum absolute atomic E-state index is 0.419. The van der Waals surface area contributed by atoms with Gasteiger partial charge in [0.15, 0.2) is 0 Å². The second kappa shape index (κ2) is 5.13. The zero-order valence-electron chi connectivity index (χ0n) is 10.2. The number of nitrogens with zero attached hydrogens (tertiary/aromatic N) is 1. The van der Waals surface area contributed by atoms with Crippen molar-refractivity contribution in [2.45, 2.75) is 39.7 Å². The molecule has 0 bridgehead atoms. The maximum absolute atomic E-state index is 6.24. The third kappa shape index (κ3) is 2.96. The van der Waals surface area contributed by atoms with Crippen LogP contribution in [0.3, 0.4) is 0 Å². The highest BCUT2D eigenvalue weighted by Gasteiger charge is 2.31. The Morgan fingerprint density at radius 2 is 1.93 bits per heavy atom. The van der Waals surface area contributed by atoms with Crippen LogP contribution in [0.1, 0.15) is 33.6 Å². The lowest BCUT2D eigenvalue weighted by molar-refractivity contribution is 0.132. The molecular weight excluding hydrogens is 172 g/mol. The summed E-state index contributed by atoms with van der Waals surface area (Å²) < 4.78 is 0. The van der Waals surface area contributed by atoms with Crippen molar-refractivity contribution < 1.29 is 0 Å². The molecule has 0 aliphatic heterocycles. The van der Waals surface area contributed by atoms with Gasteiger partial charge in [0.2, 0.25) is 0 Å². The van der Waals surface area contributed by atoms with Crippen LogP contribution in [-0.2, 0) is 0 Å². The van der Waals surface area contributed by atoms with Gasteiger partial charge in [-0.15, -0.1) is 0 Å². The summed E-state index contributed by atoms with van der Waals surface area (Å²) in [6.45, 7) is 9.21. The molecule has 0 spiro atoms. The third-order valence-corrected chi connectivity index (χ3v) is 3.79. The van der Waals surface area contributed by atoms with Crippen molar-refractivity contribution in [3.63, 3.8) is 0 Å². The minimum atomic E-state index is 0.419. The second-order valence-corrected chi connectivity index (χ2v) is 5.24. The summed E-state index contributed by atoms with van der Waals surface area (Å²) in [5.41, 5.74) is 6.24. The third-order valence-electron chi connectivity index (χ3n) is 3.79. The van der Waals surface area contributed by atoms with Gasteiger partial charge in [-0.05, 0) is 44.2 Å². The number of nitrogens with two attached hydrogens (primary N) is 1. The molecule has 0 heterocycles. The zero-order chi connectivity index (χ0) is 10.7. The summed E-state index contributed by atoms with van der Waals surface area (Å²) in [5, 5.41) is 0. The van der Waals surface area contributed by atoms with E-state index in [4.69, 9.17) is 5.73 Å². The molecule has 0 radical (unpaired) electrons. The van der Waals surface area contributed by atoms with Gasteiger partial charge in [0.25, 0.3) is 0 Å². The van der Waals surface area contributed by atoms with Crippen LogP contribution in [0.2, 0.25) is 0 Å². The highest BCUT2D eigenvalue weighted by atomic mass is 15.1. The van der Waals surface area contributed by atoms with E-state index >= 15 is 0 Å². The first-order valence-corrected chi connectivity index (χ1v) is 5.98. The predicted molar refractivity (Wildman–Crippen MR) is 62.2 cm³/mol. The van der Waals surface area contributed by atoms with E-state index in [2.05, 4.69) is 32.7 Å². The molecule has 4 atom stereocenters. The van der Waals surface area contributed by atoms with Gasteiger partial charge in [0.05, 0.1) is 0 Å². The van der Waals surface area contributed by atoms with Gasteiger partial charge in [-0.2, -0.15) is 0 Å². The van der Waals surface area contributed by atoms with Gasteiger partial charge in [-0.25, -0.2) is 0 Å². The van der Waals surface area contributed by atoms with Crippen molar-refractivity contribution >= 4 is 0 Å². The summed E-state index contributed by atoms with van der Waals surface area (Å²) >= 11 is 0. The Morgan fingerprint density at radius 3 is 2.43 bits per heavy atom. The number of hydrogen-bond donors (Lipinski definition) is 1. The Balaban J connectivity index is 2.49. The summed E-state index contributed by atoms with van der Waals surface area (Å²) in [7, 11) is 2.19. The molecular formula is C12H26N2. The van der Waals surface area contributed by atoms with Gasteiger partial charge >= 0.3 is 0 Å². The molecule has 0 aromatic carbocycles. The Morgan fingerprint density at radius 1 is 1.29 bits per heavy atom. The Bertz CT molecular complexity index is 158. The molecule has 2 heteroatoms. The number of rotatable bonds is 3. The fraction of sp³-hybridized carbons (Fsp3) is 1.00. The first-order valence-electron chi connectivity index (χ1n) is 5.98. The molecule has 4 unspecified atom stereocenters. The standard InChI is InChI=1S/C12H26N2/c1-5-14(4)8-11-10(3)6-9(2)7-12(11)13/h9-12H,5-8,13H2,1-4H3. The van der Waals surface area contributed by atoms with Gasteiger partial charge in [0.1, 0.15) is 0 Å². The minimum Gasteiger partial charge on any atom is -0.327 e. The second-order valence-electron chi connectivity index (χ2n) is 5.24. The topological polar surface area (TPSA) is 29.3 Å². The SMILES string of the molecule is CCN(C)CC1C(C)CC(C)CC1N. The van der Waals surface area contributed by atoms with Crippen molar-refractivity contribution in [2.24, 2.45) is 23.5 Å². The predicted octanol–water partition coefficient (Wildman–Crippen LogP) is 1.95. The van der Waals surface area contributed by atoms with E-state index in [9.17, 15) is 0 Å². The van der Waals surface area contributed by atoms with E-state index in [0.29, 0.717) is 12.0 Å². The molecule has 1 fully saturated rings. The summed E-state index contributed by atoms with van der Waals surface area (Å²) in [6, 6.07) is 0.419. The van der Waals surface area contributed by atoms with E-state index in [1.807, 2.05) is 0 Å². The van der Waals surface area contributed by atoms with Crippen LogP contribution in [0.5, 0.6) is 0 Å². The molecule has 0 aromatic rings. The lowest BCUT2D eigenvalue weighted by Crippen LogP contribution is -2.45. The fourth-order valence-corrected chi connectivity index (χ4v) is 2.77. The van der Waals surface area contributed by atoms with Crippen molar-refractivity contribution in [2.75, 3.05) is 20.1 Å². The van der Waals surface area contributed by atoms with Crippen LogP contribution in [0.15, 0.2) is 0 Å². The Hall–Kier alpha value is -0.0800. The zero-order valence-corrected chi connectivity index (χ0v) is 10.2. The van der Waals surface area contributed by atoms with E-state index < -0.39 is 0 Å². The first kappa shape index (κ1) is 12.0. The maximum atomic E-state index is 6.24. The van der Waals surface area contributed by atoms with Gasteiger partial charge in [0, 0.05) is 12.6 Å². The highest BCUT2D eigenvalue weighted by molar-refractivity contribution is 4.86. The molecule has 84 valence electrons. The van der Waals surface area contributed by atoms with Crippen LogP contribution in [0, 0.1) is 17.8 Å². The molecule has 1 rings (SSSR count). The average molecular weight is 198 g/mol. The Kier molecular flexibility index (Phi) is 4.39. The number of hydrogen-bond acceptors (Lipinski definition) is 2. The quantitative estimate of drug-likeness (QED) is 0.751. The molecule has 0 saturated heterocycles. The molecule has 14 heavy (non-hydrogen) atoms. The summed E-state index contributed by atoms with van der Waals surface area (Å²) in [6.07, 6.45) is 2.57. The first-order chi connectivity index (χ1) is 6.54. The van der Waals surface area contributed by atoms with E-state index in [-0.39, 0.29) is 0 Å². The molecule has 1 aliphatic rings. The van der Waals surface area contributed by atoms with Crippen LogP contribution >= 0.6 is 0 Å². The molecule has 0 amide bonds. The van der Waals surface area contributed by atoms with Gasteiger partial charge < -0.3 is 10.6 Å². The molecule has 1 saturated carbocycles. The smallest absolute Gasteiger partial charge is 0.00844 e. The van der Waals surface area contributed by atoms with E-state index in [0.717, 1.165) is 18.4 Å². The van der Waals surface area contributed by atoms with Crippen LogP contribution in [0.25, 0.3) is 0 Å². The van der Waals surface area contributed by atoms with Gasteiger partial charge in [-0.3, -0.25) is 0 Å². The van der Waals surface area contributed by atoms with Crippen LogP contribution < -0.4 is 5.73 Å². The Labute approximate surface area is 88.8 Å². The largest absolute Gasteiger partial charge is 0.327 e. The van der Waals surface area contributed by atoms with Crippen LogP contribution in [-0.4, -0.2) is 31.1 Å². The van der Waals surface area contributed by atoms with Crippen molar-refractivity contribution in [1.29, 1.82) is 0 Å². The van der Waals surface area contributed by atoms with Gasteiger partial charge in [-0.1, -0.05) is 20.8 Å². The fourth-order valence-electron chi connectivity index (χ4n) is 2.77. The lowest BCUT2D eigenvalue weighted by atomic mass is 9.72. The van der Waals surface area contributed by atoms with Crippen molar-refractivity contribution in [1.82, 2.24) is 4.90 Å². The van der Waals surface area contributed by atoms with Crippen LogP contribution in [0.4, 0.5) is 0 Å². The lowest BCUT2D eigenvalue weighted by Gasteiger charge is -2.39. The normalized spacial score (nSPS) is 39.0. The average Bonchev–Trinajstić information content (AvgIpc) is 2.10. The summed E-state index contributed by atoms with van der Waals surface area (Å²) in [4.78, 5) is 2.39.